The van der Waals surface area contributed by atoms with Crippen molar-refractivity contribution in [2.75, 3.05) is 19.7 Å². The van der Waals surface area contributed by atoms with E-state index in [2.05, 4.69) is 20.7 Å². The van der Waals surface area contributed by atoms with E-state index >= 15 is 0 Å². The molecule has 1 fully saturated rings. The summed E-state index contributed by atoms with van der Waals surface area (Å²) in [6, 6.07) is 6.75. The standard InChI is InChI=1S/C17H19N5O4/c1-2-26-17(25)22-9-7-11(8-10-22)18-21-16(24)14-12-5-3-4-6-13(12)15(23)20-19-14/h3-6H,2,7-10H2,1H3,(H,20,23)(H,21,24). The molecule has 0 atom stereocenters. The summed E-state index contributed by atoms with van der Waals surface area (Å²) in [5, 5.41) is 11.1. The van der Waals surface area contributed by atoms with E-state index in [1.165, 1.54) is 0 Å². The summed E-state index contributed by atoms with van der Waals surface area (Å²) in [5.74, 6) is -0.502. The predicted molar refractivity (Wildman–Crippen MR) is 95.1 cm³/mol. The zero-order valence-corrected chi connectivity index (χ0v) is 14.3. The van der Waals surface area contributed by atoms with E-state index in [4.69, 9.17) is 4.74 Å². The first kappa shape index (κ1) is 17.6. The number of carbonyl (C=O) groups is 2. The summed E-state index contributed by atoms with van der Waals surface area (Å²) in [6.07, 6.45) is 0.775. The fourth-order valence-electron chi connectivity index (χ4n) is 2.74. The Labute approximate surface area is 149 Å². The van der Waals surface area contributed by atoms with Crippen LogP contribution in [0.15, 0.2) is 34.2 Å². The molecule has 1 aliphatic heterocycles. The van der Waals surface area contributed by atoms with Crippen LogP contribution in [0, 0.1) is 0 Å². The number of hydrogen-bond acceptors (Lipinski definition) is 6. The third-order valence-corrected chi connectivity index (χ3v) is 4.09. The zero-order chi connectivity index (χ0) is 18.5. The number of benzene rings is 1. The molecule has 2 amide bonds. The van der Waals surface area contributed by atoms with Gasteiger partial charge in [0.05, 0.1) is 12.0 Å². The Balaban J connectivity index is 1.67. The number of hydrogen-bond donors (Lipinski definition) is 2. The Morgan fingerprint density at radius 1 is 1.27 bits per heavy atom. The van der Waals surface area contributed by atoms with E-state index in [0.29, 0.717) is 43.3 Å². The Kier molecular flexibility index (Phi) is 5.26. The molecule has 136 valence electrons. The predicted octanol–water partition coefficient (Wildman–Crippen LogP) is 1.26. The van der Waals surface area contributed by atoms with Crippen molar-refractivity contribution in [1.82, 2.24) is 20.5 Å². The first-order valence-corrected chi connectivity index (χ1v) is 8.35. The number of aromatic nitrogens is 2. The molecule has 0 radical (unpaired) electrons. The van der Waals surface area contributed by atoms with Gasteiger partial charge in [0.25, 0.3) is 11.5 Å². The Hall–Kier alpha value is -3.23. The maximum atomic E-state index is 12.4. The summed E-state index contributed by atoms with van der Waals surface area (Å²) < 4.78 is 4.96. The SMILES string of the molecule is CCOC(=O)N1CCC(=NNC(=O)c2n[nH]c(=O)c3ccccc23)CC1. The van der Waals surface area contributed by atoms with Gasteiger partial charge < -0.3 is 9.64 Å². The lowest BCUT2D eigenvalue weighted by molar-refractivity contribution is 0.0947. The van der Waals surface area contributed by atoms with E-state index in [9.17, 15) is 14.4 Å². The Bertz CT molecular complexity index is 911. The lowest BCUT2D eigenvalue weighted by Gasteiger charge is -2.26. The minimum absolute atomic E-state index is 0.105. The number of fused-ring (bicyclic) bond motifs is 1. The molecule has 1 saturated heterocycles. The minimum Gasteiger partial charge on any atom is -0.450 e. The lowest BCUT2D eigenvalue weighted by atomic mass is 10.1. The Morgan fingerprint density at radius 2 is 1.96 bits per heavy atom. The smallest absolute Gasteiger partial charge is 0.409 e. The van der Waals surface area contributed by atoms with Crippen LogP contribution in [0.2, 0.25) is 0 Å². The summed E-state index contributed by atoms with van der Waals surface area (Å²) in [7, 11) is 0. The van der Waals surface area contributed by atoms with E-state index in [1.54, 1.807) is 36.1 Å². The van der Waals surface area contributed by atoms with Crippen LogP contribution in [-0.4, -0.2) is 52.5 Å². The maximum Gasteiger partial charge on any atom is 0.409 e. The minimum atomic E-state index is -0.502. The van der Waals surface area contributed by atoms with Crippen LogP contribution >= 0.6 is 0 Å². The van der Waals surface area contributed by atoms with Crippen molar-refractivity contribution in [3.63, 3.8) is 0 Å². The van der Waals surface area contributed by atoms with Gasteiger partial charge in [0.15, 0.2) is 5.69 Å². The van der Waals surface area contributed by atoms with E-state index in [-0.39, 0.29) is 17.3 Å². The van der Waals surface area contributed by atoms with Gasteiger partial charge >= 0.3 is 6.09 Å². The number of likely N-dealkylation sites (tertiary alicyclic amines) is 1. The lowest BCUT2D eigenvalue weighted by Crippen LogP contribution is -2.39. The molecule has 9 heteroatoms. The van der Waals surface area contributed by atoms with Crippen LogP contribution in [0.5, 0.6) is 0 Å². The number of aromatic amines is 1. The second-order valence-electron chi connectivity index (χ2n) is 5.75. The fraction of sp³-hybridized carbons (Fsp3) is 0.353. The van der Waals surface area contributed by atoms with Crippen LogP contribution in [-0.2, 0) is 4.74 Å². The summed E-state index contributed by atoms with van der Waals surface area (Å²) in [5.41, 5.74) is 3.02. The average Bonchev–Trinajstić information content (AvgIpc) is 2.67. The Morgan fingerprint density at radius 3 is 2.65 bits per heavy atom. The maximum absolute atomic E-state index is 12.4. The zero-order valence-electron chi connectivity index (χ0n) is 14.3. The van der Waals surface area contributed by atoms with Crippen LogP contribution < -0.4 is 11.0 Å². The number of rotatable bonds is 3. The van der Waals surface area contributed by atoms with Gasteiger partial charge in [0.2, 0.25) is 0 Å². The van der Waals surface area contributed by atoms with Crippen LogP contribution in [0.25, 0.3) is 10.8 Å². The molecular weight excluding hydrogens is 338 g/mol. The molecule has 9 nitrogen and oxygen atoms in total. The number of ether oxygens (including phenoxy) is 1. The number of amides is 2. The quantitative estimate of drug-likeness (QED) is 0.802. The molecule has 2 N–H and O–H groups in total. The molecule has 0 spiro atoms. The topological polar surface area (TPSA) is 117 Å². The van der Waals surface area contributed by atoms with Crippen molar-refractivity contribution in [1.29, 1.82) is 0 Å². The highest BCUT2D eigenvalue weighted by molar-refractivity contribution is 6.05. The molecule has 0 aliphatic carbocycles. The van der Waals surface area contributed by atoms with Gasteiger partial charge in [-0.1, -0.05) is 18.2 Å². The van der Waals surface area contributed by atoms with Crippen molar-refractivity contribution >= 4 is 28.5 Å². The highest BCUT2D eigenvalue weighted by atomic mass is 16.6. The third kappa shape index (κ3) is 3.71. The summed E-state index contributed by atoms with van der Waals surface area (Å²) in [4.78, 5) is 37.4. The first-order chi connectivity index (χ1) is 12.6. The number of carbonyl (C=O) groups excluding carboxylic acids is 2. The molecule has 3 rings (SSSR count). The van der Waals surface area contributed by atoms with E-state index < -0.39 is 5.91 Å². The normalized spacial score (nSPS) is 14.2. The van der Waals surface area contributed by atoms with Crippen molar-refractivity contribution in [2.45, 2.75) is 19.8 Å². The third-order valence-electron chi connectivity index (χ3n) is 4.09. The molecule has 26 heavy (non-hydrogen) atoms. The van der Waals surface area contributed by atoms with Crippen molar-refractivity contribution in [3.8, 4) is 0 Å². The number of hydrazone groups is 1. The number of H-pyrrole nitrogens is 1. The molecule has 0 saturated carbocycles. The fourth-order valence-corrected chi connectivity index (χ4v) is 2.74. The van der Waals surface area contributed by atoms with Crippen molar-refractivity contribution in [2.24, 2.45) is 5.10 Å². The van der Waals surface area contributed by atoms with Gasteiger partial charge in [-0.15, -0.1) is 0 Å². The number of nitrogens with one attached hydrogen (secondary N) is 2. The molecule has 0 bridgehead atoms. The van der Waals surface area contributed by atoms with Gasteiger partial charge in [-0.05, 0) is 13.0 Å². The second kappa shape index (κ2) is 7.77. The highest BCUT2D eigenvalue weighted by Gasteiger charge is 2.21. The highest BCUT2D eigenvalue weighted by Crippen LogP contribution is 2.12. The molecule has 2 heterocycles. The monoisotopic (exact) mass is 357 g/mol. The molecule has 2 aromatic rings. The molecule has 0 unspecified atom stereocenters. The molecule has 1 aromatic carbocycles. The van der Waals surface area contributed by atoms with Gasteiger partial charge in [-0.2, -0.15) is 10.2 Å². The number of piperidine rings is 1. The average molecular weight is 357 g/mol. The summed E-state index contributed by atoms with van der Waals surface area (Å²) in [6.45, 7) is 3.09. The molecule has 1 aliphatic rings. The van der Waals surface area contributed by atoms with Crippen LogP contribution in [0.1, 0.15) is 30.3 Å². The van der Waals surface area contributed by atoms with E-state index in [0.717, 1.165) is 5.71 Å². The van der Waals surface area contributed by atoms with Gasteiger partial charge in [-0.3, -0.25) is 9.59 Å². The largest absolute Gasteiger partial charge is 0.450 e. The summed E-state index contributed by atoms with van der Waals surface area (Å²) >= 11 is 0. The van der Waals surface area contributed by atoms with Crippen molar-refractivity contribution in [3.05, 3.63) is 40.3 Å². The number of nitrogens with zero attached hydrogens (tertiary/aromatic N) is 3. The van der Waals surface area contributed by atoms with Crippen LogP contribution in [0.3, 0.4) is 0 Å². The molecule has 1 aromatic heterocycles. The van der Waals surface area contributed by atoms with E-state index in [1.807, 2.05) is 0 Å². The first-order valence-electron chi connectivity index (χ1n) is 8.35. The molecular formula is C17H19N5O4. The van der Waals surface area contributed by atoms with Gasteiger partial charge in [0.1, 0.15) is 0 Å². The van der Waals surface area contributed by atoms with Gasteiger partial charge in [0, 0.05) is 37.0 Å². The second-order valence-corrected chi connectivity index (χ2v) is 5.75. The van der Waals surface area contributed by atoms with Gasteiger partial charge in [-0.25, -0.2) is 15.3 Å². The van der Waals surface area contributed by atoms with Crippen LogP contribution in [0.4, 0.5) is 4.79 Å². The van der Waals surface area contributed by atoms with Crippen molar-refractivity contribution < 1.29 is 14.3 Å².